The topological polar surface area (TPSA) is 61.4 Å². The lowest BCUT2D eigenvalue weighted by Gasteiger charge is -2.26. The summed E-state index contributed by atoms with van der Waals surface area (Å²) in [5.41, 5.74) is 1.69. The van der Waals surface area contributed by atoms with E-state index in [1.807, 2.05) is 60.7 Å². The Bertz CT molecular complexity index is 624. The number of aliphatic hydroxyl groups is 1. The van der Waals surface area contributed by atoms with Crippen LogP contribution in [0.25, 0.3) is 0 Å². The summed E-state index contributed by atoms with van der Waals surface area (Å²) in [6, 6.07) is 18.4. The van der Waals surface area contributed by atoms with Crippen LogP contribution in [-0.4, -0.2) is 23.6 Å². The number of carbonyl (C=O) groups is 1. The van der Waals surface area contributed by atoms with E-state index in [2.05, 4.69) is 10.6 Å². The predicted octanol–water partition coefficient (Wildman–Crippen LogP) is 2.33. The van der Waals surface area contributed by atoms with E-state index in [1.54, 1.807) is 0 Å². The first kappa shape index (κ1) is 15.7. The van der Waals surface area contributed by atoms with Crippen molar-refractivity contribution in [1.82, 2.24) is 10.6 Å². The zero-order chi connectivity index (χ0) is 16.1. The monoisotopic (exact) mass is 310 g/mol. The maximum Gasteiger partial charge on any atom is 0.237 e. The lowest BCUT2D eigenvalue weighted by atomic mass is 9.95. The van der Waals surface area contributed by atoms with Gasteiger partial charge in [0.15, 0.2) is 0 Å². The molecule has 3 atom stereocenters. The fourth-order valence-electron chi connectivity index (χ4n) is 3.01. The first-order valence-corrected chi connectivity index (χ1v) is 8.07. The van der Waals surface area contributed by atoms with Crippen LogP contribution in [0, 0.1) is 0 Å². The quantitative estimate of drug-likeness (QED) is 0.794. The zero-order valence-corrected chi connectivity index (χ0v) is 13.0. The first-order valence-electron chi connectivity index (χ1n) is 8.07. The van der Waals surface area contributed by atoms with Gasteiger partial charge in [0, 0.05) is 0 Å². The molecule has 0 saturated carbocycles. The number of amides is 1. The van der Waals surface area contributed by atoms with Gasteiger partial charge in [0.2, 0.25) is 5.91 Å². The Morgan fingerprint density at radius 2 is 1.65 bits per heavy atom. The van der Waals surface area contributed by atoms with Crippen LogP contribution in [0.4, 0.5) is 0 Å². The molecule has 3 N–H and O–H groups in total. The van der Waals surface area contributed by atoms with Gasteiger partial charge in [-0.3, -0.25) is 4.79 Å². The van der Waals surface area contributed by atoms with Crippen molar-refractivity contribution in [2.45, 2.75) is 31.0 Å². The molecule has 4 nitrogen and oxygen atoms in total. The van der Waals surface area contributed by atoms with E-state index in [0.717, 1.165) is 30.5 Å². The van der Waals surface area contributed by atoms with Crippen molar-refractivity contribution in [3.05, 3.63) is 71.8 Å². The van der Waals surface area contributed by atoms with Gasteiger partial charge < -0.3 is 15.7 Å². The number of nitrogens with one attached hydrogen (secondary N) is 2. The van der Waals surface area contributed by atoms with Gasteiger partial charge in [0.1, 0.15) is 6.10 Å². The third kappa shape index (κ3) is 3.78. The Labute approximate surface area is 136 Å². The van der Waals surface area contributed by atoms with Crippen molar-refractivity contribution in [3.8, 4) is 0 Å². The summed E-state index contributed by atoms with van der Waals surface area (Å²) < 4.78 is 0. The number of rotatable bonds is 5. The Balaban J connectivity index is 1.83. The van der Waals surface area contributed by atoms with Gasteiger partial charge in [0.25, 0.3) is 0 Å². The second-order valence-corrected chi connectivity index (χ2v) is 5.90. The van der Waals surface area contributed by atoms with Crippen molar-refractivity contribution in [2.24, 2.45) is 0 Å². The smallest absolute Gasteiger partial charge is 0.237 e. The van der Waals surface area contributed by atoms with E-state index >= 15 is 0 Å². The predicted molar refractivity (Wildman–Crippen MR) is 89.8 cm³/mol. The Hall–Kier alpha value is -2.17. The van der Waals surface area contributed by atoms with Crippen molar-refractivity contribution in [1.29, 1.82) is 0 Å². The van der Waals surface area contributed by atoms with Crippen LogP contribution in [0.1, 0.15) is 36.1 Å². The number of aliphatic hydroxyl groups excluding tert-OH is 1. The van der Waals surface area contributed by atoms with Crippen molar-refractivity contribution in [3.63, 3.8) is 0 Å². The first-order chi connectivity index (χ1) is 11.3. The highest BCUT2D eigenvalue weighted by molar-refractivity contribution is 5.82. The zero-order valence-electron chi connectivity index (χ0n) is 13.0. The van der Waals surface area contributed by atoms with E-state index in [4.69, 9.17) is 0 Å². The van der Waals surface area contributed by atoms with Gasteiger partial charge in [-0.25, -0.2) is 0 Å². The maximum atomic E-state index is 12.5. The van der Waals surface area contributed by atoms with Gasteiger partial charge in [-0.2, -0.15) is 0 Å². The molecule has 1 aliphatic heterocycles. The SMILES string of the molecule is O=C(NC(c1ccccc1)C(O)c1ccccc1)[C@@H]1CCCN1. The molecule has 0 aliphatic carbocycles. The normalized spacial score (nSPS) is 20.0. The summed E-state index contributed by atoms with van der Waals surface area (Å²) in [7, 11) is 0. The van der Waals surface area contributed by atoms with Gasteiger partial charge in [-0.15, -0.1) is 0 Å². The standard InChI is InChI=1S/C19H22N2O2/c22-18(15-10-5-2-6-11-15)17(14-8-3-1-4-9-14)21-19(23)16-12-7-13-20-16/h1-6,8-11,16-18,20,22H,7,12-13H2,(H,21,23)/t16-,17?,18?/m0/s1. The minimum Gasteiger partial charge on any atom is -0.386 e. The Morgan fingerprint density at radius 1 is 1.04 bits per heavy atom. The van der Waals surface area contributed by atoms with Gasteiger partial charge in [0.05, 0.1) is 12.1 Å². The van der Waals surface area contributed by atoms with Crippen LogP contribution in [0.3, 0.4) is 0 Å². The largest absolute Gasteiger partial charge is 0.386 e. The van der Waals surface area contributed by atoms with E-state index < -0.39 is 12.1 Å². The molecule has 4 heteroatoms. The molecule has 23 heavy (non-hydrogen) atoms. The van der Waals surface area contributed by atoms with Gasteiger partial charge in [-0.1, -0.05) is 60.7 Å². The average Bonchev–Trinajstić information content (AvgIpc) is 3.15. The molecule has 120 valence electrons. The Kier molecular flexibility index (Phi) is 5.05. The molecule has 2 unspecified atom stereocenters. The van der Waals surface area contributed by atoms with Crippen LogP contribution in [-0.2, 0) is 4.79 Å². The molecule has 0 radical (unpaired) electrons. The summed E-state index contributed by atoms with van der Waals surface area (Å²) in [5, 5.41) is 17.0. The third-order valence-electron chi connectivity index (χ3n) is 4.29. The number of hydrogen-bond acceptors (Lipinski definition) is 3. The minimum absolute atomic E-state index is 0.0497. The van der Waals surface area contributed by atoms with Gasteiger partial charge in [-0.05, 0) is 30.5 Å². The molecule has 2 aromatic rings. The molecule has 1 saturated heterocycles. The molecule has 3 rings (SSSR count). The molecule has 1 fully saturated rings. The maximum absolute atomic E-state index is 12.5. The molecular formula is C19H22N2O2. The minimum atomic E-state index is -0.788. The highest BCUT2D eigenvalue weighted by atomic mass is 16.3. The highest BCUT2D eigenvalue weighted by Crippen LogP contribution is 2.29. The number of benzene rings is 2. The fraction of sp³-hybridized carbons (Fsp3) is 0.316. The molecule has 0 bridgehead atoms. The van der Waals surface area contributed by atoms with Crippen molar-refractivity contribution >= 4 is 5.91 Å². The molecule has 0 aromatic heterocycles. The second-order valence-electron chi connectivity index (χ2n) is 5.90. The molecule has 2 aromatic carbocycles. The third-order valence-corrected chi connectivity index (χ3v) is 4.29. The van der Waals surface area contributed by atoms with Crippen LogP contribution in [0.15, 0.2) is 60.7 Å². The second kappa shape index (κ2) is 7.40. The molecule has 0 spiro atoms. The highest BCUT2D eigenvalue weighted by Gasteiger charge is 2.29. The summed E-state index contributed by atoms with van der Waals surface area (Å²) in [4.78, 5) is 12.5. The molecule has 1 amide bonds. The summed E-state index contributed by atoms with van der Waals surface area (Å²) in [6.45, 7) is 0.870. The fourth-order valence-corrected chi connectivity index (χ4v) is 3.01. The average molecular weight is 310 g/mol. The lowest BCUT2D eigenvalue weighted by molar-refractivity contribution is -0.124. The lowest BCUT2D eigenvalue weighted by Crippen LogP contribution is -2.43. The number of carbonyl (C=O) groups excluding carboxylic acids is 1. The summed E-state index contributed by atoms with van der Waals surface area (Å²) >= 11 is 0. The van der Waals surface area contributed by atoms with Gasteiger partial charge >= 0.3 is 0 Å². The van der Waals surface area contributed by atoms with E-state index in [1.165, 1.54) is 0 Å². The van der Waals surface area contributed by atoms with Crippen LogP contribution in [0.5, 0.6) is 0 Å². The number of hydrogen-bond donors (Lipinski definition) is 3. The molecule has 1 heterocycles. The van der Waals surface area contributed by atoms with E-state index in [9.17, 15) is 9.90 Å². The van der Waals surface area contributed by atoms with Crippen molar-refractivity contribution in [2.75, 3.05) is 6.54 Å². The summed E-state index contributed by atoms with van der Waals surface area (Å²) in [5.74, 6) is -0.0497. The Morgan fingerprint density at radius 3 is 2.22 bits per heavy atom. The van der Waals surface area contributed by atoms with E-state index in [0.29, 0.717) is 0 Å². The molecular weight excluding hydrogens is 288 g/mol. The van der Waals surface area contributed by atoms with E-state index in [-0.39, 0.29) is 11.9 Å². The van der Waals surface area contributed by atoms with Crippen LogP contribution < -0.4 is 10.6 Å². The molecule has 1 aliphatic rings. The van der Waals surface area contributed by atoms with Crippen LogP contribution >= 0.6 is 0 Å². The van der Waals surface area contributed by atoms with Crippen LogP contribution in [0.2, 0.25) is 0 Å². The summed E-state index contributed by atoms with van der Waals surface area (Å²) in [6.07, 6.45) is 1.06. The van der Waals surface area contributed by atoms with Crippen molar-refractivity contribution < 1.29 is 9.90 Å².